The third kappa shape index (κ3) is 3.10. The van der Waals surface area contributed by atoms with Gasteiger partial charge in [-0.3, -0.25) is 9.32 Å². The topological polar surface area (TPSA) is 73.9 Å². The lowest BCUT2D eigenvalue weighted by atomic mass is 10.3. The first-order chi connectivity index (χ1) is 8.63. The summed E-state index contributed by atoms with van der Waals surface area (Å²) in [7, 11) is -2.30. The predicted molar refractivity (Wildman–Crippen MR) is 64.2 cm³/mol. The number of para-hydroxylation sites is 1. The van der Waals surface area contributed by atoms with Crippen LogP contribution in [0.1, 0.15) is 6.42 Å². The Morgan fingerprint density at radius 1 is 1.39 bits per heavy atom. The Labute approximate surface area is 105 Å². The molecule has 0 aromatic heterocycles. The van der Waals surface area contributed by atoms with Crippen molar-refractivity contribution in [3.05, 3.63) is 30.3 Å². The maximum Gasteiger partial charge on any atom is 0.459 e. The Kier molecular flexibility index (Phi) is 4.01. The molecule has 2 atom stereocenters. The van der Waals surface area contributed by atoms with Crippen LogP contribution in [0.2, 0.25) is 0 Å². The van der Waals surface area contributed by atoms with Gasteiger partial charge < -0.3 is 9.26 Å². The molecule has 1 unspecified atom stereocenters. The van der Waals surface area contributed by atoms with Crippen molar-refractivity contribution in [2.45, 2.75) is 12.5 Å². The highest BCUT2D eigenvalue weighted by Crippen LogP contribution is 2.44. The van der Waals surface area contributed by atoms with Crippen LogP contribution in [0.15, 0.2) is 30.3 Å². The number of benzene rings is 1. The fraction of sp³-hybridized carbons (Fsp3) is 0.364. The second-order valence-corrected chi connectivity index (χ2v) is 5.52. The minimum atomic E-state index is -3.56. The molecule has 18 heavy (non-hydrogen) atoms. The van der Waals surface area contributed by atoms with E-state index in [0.29, 0.717) is 18.8 Å². The van der Waals surface area contributed by atoms with Crippen molar-refractivity contribution in [3.8, 4) is 5.75 Å². The molecule has 1 heterocycles. The summed E-state index contributed by atoms with van der Waals surface area (Å²) in [5.74, 6) is -0.0366. The summed E-state index contributed by atoms with van der Waals surface area (Å²) in [6.45, 7) is 0.311. The summed E-state index contributed by atoms with van der Waals surface area (Å²) in [5, 5.41) is 2.58. The molecule has 1 aromatic carbocycles. The molecule has 6 nitrogen and oxygen atoms in total. The van der Waals surface area contributed by atoms with Crippen molar-refractivity contribution < 1.29 is 23.1 Å². The molecule has 1 aliphatic rings. The van der Waals surface area contributed by atoms with Gasteiger partial charge in [-0.15, -0.1) is 0 Å². The lowest BCUT2D eigenvalue weighted by Crippen LogP contribution is -2.32. The molecule has 1 aromatic rings. The molecule has 0 radical (unpaired) electrons. The van der Waals surface area contributed by atoms with Crippen LogP contribution < -0.4 is 9.61 Å². The lowest BCUT2D eigenvalue weighted by molar-refractivity contribution is -0.139. The zero-order valence-electron chi connectivity index (χ0n) is 9.87. The SMILES string of the molecule is COP(=O)(N[C@H]1CCOC1=O)Oc1ccccc1. The van der Waals surface area contributed by atoms with Crippen molar-refractivity contribution in [2.24, 2.45) is 0 Å². The van der Waals surface area contributed by atoms with Crippen LogP contribution in [-0.2, 0) is 18.6 Å². The van der Waals surface area contributed by atoms with Crippen molar-refractivity contribution in [2.75, 3.05) is 13.7 Å². The van der Waals surface area contributed by atoms with E-state index in [2.05, 4.69) is 5.09 Å². The molecule has 0 bridgehead atoms. The third-order valence-electron chi connectivity index (χ3n) is 2.46. The van der Waals surface area contributed by atoms with Crippen LogP contribution in [0.4, 0.5) is 0 Å². The highest BCUT2D eigenvalue weighted by atomic mass is 31.2. The highest BCUT2D eigenvalue weighted by Gasteiger charge is 2.36. The first kappa shape index (κ1) is 13.1. The summed E-state index contributed by atoms with van der Waals surface area (Å²) in [6.07, 6.45) is 0.449. The van der Waals surface area contributed by atoms with Gasteiger partial charge in [-0.1, -0.05) is 18.2 Å². The fourth-order valence-electron chi connectivity index (χ4n) is 1.54. The van der Waals surface area contributed by atoms with Crippen LogP contribution in [0.25, 0.3) is 0 Å². The van der Waals surface area contributed by atoms with Crippen molar-refractivity contribution in [1.82, 2.24) is 5.09 Å². The van der Waals surface area contributed by atoms with E-state index < -0.39 is 19.8 Å². The van der Waals surface area contributed by atoms with Crippen LogP contribution in [0.3, 0.4) is 0 Å². The lowest BCUT2D eigenvalue weighted by Gasteiger charge is -2.19. The van der Waals surface area contributed by atoms with Gasteiger partial charge >= 0.3 is 13.7 Å². The Bertz CT molecular complexity index is 464. The Morgan fingerprint density at radius 3 is 2.67 bits per heavy atom. The van der Waals surface area contributed by atoms with Gasteiger partial charge in [0.2, 0.25) is 0 Å². The smallest absolute Gasteiger partial charge is 0.459 e. The number of carbonyl (C=O) groups excluding carboxylic acids is 1. The van der Waals surface area contributed by atoms with E-state index in [0.717, 1.165) is 0 Å². The molecular weight excluding hydrogens is 257 g/mol. The Morgan fingerprint density at radius 2 is 2.11 bits per heavy atom. The number of ether oxygens (including phenoxy) is 1. The zero-order chi connectivity index (χ0) is 13.0. The monoisotopic (exact) mass is 271 g/mol. The molecule has 0 spiro atoms. The number of rotatable bonds is 5. The summed E-state index contributed by atoms with van der Waals surface area (Å²) < 4.78 is 27.2. The first-order valence-electron chi connectivity index (χ1n) is 5.48. The number of nitrogens with one attached hydrogen (secondary N) is 1. The molecule has 7 heteroatoms. The van der Waals surface area contributed by atoms with Crippen LogP contribution in [-0.4, -0.2) is 25.7 Å². The van der Waals surface area contributed by atoms with E-state index in [4.69, 9.17) is 13.8 Å². The van der Waals surface area contributed by atoms with Gasteiger partial charge in [0.25, 0.3) is 0 Å². The molecular formula is C11H14NO5P. The largest absolute Gasteiger partial charge is 0.464 e. The first-order valence-corrected chi connectivity index (χ1v) is 7.02. The number of carbonyl (C=O) groups is 1. The number of hydrogen-bond acceptors (Lipinski definition) is 5. The third-order valence-corrected chi connectivity index (χ3v) is 4.02. The van der Waals surface area contributed by atoms with Gasteiger partial charge in [0.1, 0.15) is 11.8 Å². The second kappa shape index (κ2) is 5.52. The van der Waals surface area contributed by atoms with Crippen molar-refractivity contribution in [1.29, 1.82) is 0 Å². The van der Waals surface area contributed by atoms with E-state index >= 15 is 0 Å². The summed E-state index contributed by atoms with van der Waals surface area (Å²) in [6, 6.07) is 7.96. The zero-order valence-corrected chi connectivity index (χ0v) is 10.8. The van der Waals surface area contributed by atoms with Crippen LogP contribution in [0, 0.1) is 0 Å². The standard InChI is InChI=1S/C11H14NO5P/c1-15-18(14,12-10-7-8-16-11(10)13)17-9-5-3-2-4-6-9/h2-6,10H,7-8H2,1H3,(H,12,14)/t10-,18?/m0/s1. The van der Waals surface area contributed by atoms with E-state index in [9.17, 15) is 9.36 Å². The molecule has 0 amide bonds. The van der Waals surface area contributed by atoms with Crippen molar-refractivity contribution in [3.63, 3.8) is 0 Å². The number of hydrogen-bond donors (Lipinski definition) is 1. The number of esters is 1. The van der Waals surface area contributed by atoms with Gasteiger partial charge in [0.05, 0.1) is 6.61 Å². The molecule has 1 N–H and O–H groups in total. The molecule has 1 aliphatic heterocycles. The van der Waals surface area contributed by atoms with Gasteiger partial charge in [0.15, 0.2) is 0 Å². The van der Waals surface area contributed by atoms with E-state index in [1.807, 2.05) is 6.07 Å². The maximum absolute atomic E-state index is 12.3. The minimum absolute atomic E-state index is 0.311. The van der Waals surface area contributed by atoms with Gasteiger partial charge in [-0.2, -0.15) is 5.09 Å². The van der Waals surface area contributed by atoms with E-state index in [1.54, 1.807) is 24.3 Å². The fourth-order valence-corrected chi connectivity index (χ4v) is 2.79. The molecule has 1 fully saturated rings. The quantitative estimate of drug-likeness (QED) is 0.649. The van der Waals surface area contributed by atoms with Crippen LogP contribution in [0.5, 0.6) is 5.75 Å². The van der Waals surface area contributed by atoms with Gasteiger partial charge in [0, 0.05) is 13.5 Å². The number of cyclic esters (lactones) is 1. The van der Waals surface area contributed by atoms with Gasteiger partial charge in [-0.25, -0.2) is 4.57 Å². The minimum Gasteiger partial charge on any atom is -0.464 e. The molecule has 0 saturated carbocycles. The average molecular weight is 271 g/mol. The van der Waals surface area contributed by atoms with Crippen LogP contribution >= 0.6 is 7.75 Å². The summed E-state index contributed by atoms with van der Waals surface area (Å²) >= 11 is 0. The molecule has 1 saturated heterocycles. The highest BCUT2D eigenvalue weighted by molar-refractivity contribution is 7.52. The second-order valence-electron chi connectivity index (χ2n) is 3.72. The Balaban J connectivity index is 2.06. The van der Waals surface area contributed by atoms with Crippen molar-refractivity contribution >= 4 is 13.7 Å². The summed E-state index contributed by atoms with van der Waals surface area (Å²) in [4.78, 5) is 11.3. The average Bonchev–Trinajstić information content (AvgIpc) is 2.76. The normalized spacial score (nSPS) is 22.3. The predicted octanol–water partition coefficient (Wildman–Crippen LogP) is 1.72. The summed E-state index contributed by atoms with van der Waals surface area (Å²) in [5.41, 5.74) is 0. The maximum atomic E-state index is 12.3. The molecule has 0 aliphatic carbocycles. The van der Waals surface area contributed by atoms with E-state index in [-0.39, 0.29) is 0 Å². The molecule has 98 valence electrons. The Hall–Kier alpha value is -1.36. The van der Waals surface area contributed by atoms with Gasteiger partial charge in [-0.05, 0) is 12.1 Å². The van der Waals surface area contributed by atoms with E-state index in [1.165, 1.54) is 7.11 Å². The molecule has 2 rings (SSSR count).